The third kappa shape index (κ3) is 4.38. The fourth-order valence-corrected chi connectivity index (χ4v) is 1.66. The molecule has 112 valence electrons. The van der Waals surface area contributed by atoms with Crippen molar-refractivity contribution in [2.45, 2.75) is 0 Å². The van der Waals surface area contributed by atoms with E-state index in [0.29, 0.717) is 12.4 Å². The summed E-state index contributed by atoms with van der Waals surface area (Å²) in [5.74, 6) is 1.51. The first-order valence-electron chi connectivity index (χ1n) is 6.61. The van der Waals surface area contributed by atoms with Gasteiger partial charge in [0.15, 0.2) is 0 Å². The molecule has 0 saturated carbocycles. The van der Waals surface area contributed by atoms with E-state index in [1.807, 2.05) is 56.2 Å². The minimum Gasteiger partial charge on any atom is -0.363 e. The molecule has 0 unspecified atom stereocenters. The highest BCUT2D eigenvalue weighted by Crippen LogP contribution is 2.17. The van der Waals surface area contributed by atoms with Gasteiger partial charge in [-0.05, 0) is 26.2 Å². The second-order valence-electron chi connectivity index (χ2n) is 5.38. The summed E-state index contributed by atoms with van der Waals surface area (Å²) in [5, 5.41) is 0. The second kappa shape index (κ2) is 7.09. The predicted octanol–water partition coefficient (Wildman–Crippen LogP) is 1.20. The van der Waals surface area contributed by atoms with Gasteiger partial charge in [-0.2, -0.15) is 0 Å². The van der Waals surface area contributed by atoms with Crippen LogP contribution in [0.25, 0.3) is 0 Å². The maximum atomic E-state index is 12.3. The molecule has 0 radical (unpaired) electrons. The fraction of sp³-hybridized carbons (Fsp3) is 0.571. The van der Waals surface area contributed by atoms with E-state index in [2.05, 4.69) is 4.98 Å². The van der Waals surface area contributed by atoms with Crippen LogP contribution in [-0.2, 0) is 0 Å². The average Bonchev–Trinajstić information content (AvgIpc) is 2.38. The van der Waals surface area contributed by atoms with E-state index < -0.39 is 0 Å². The molecule has 6 nitrogen and oxygen atoms in total. The van der Waals surface area contributed by atoms with Crippen LogP contribution >= 0.6 is 0 Å². The number of nitrogens with zero attached hydrogens (tertiary/aromatic N) is 5. The quantitative estimate of drug-likeness (QED) is 0.812. The molecule has 0 aliphatic carbocycles. The lowest BCUT2D eigenvalue weighted by atomic mass is 10.4. The van der Waals surface area contributed by atoms with Gasteiger partial charge in [0.05, 0.1) is 0 Å². The molecule has 0 atom stereocenters. The zero-order chi connectivity index (χ0) is 15.3. The number of hydrogen-bond donors (Lipinski definition) is 0. The summed E-state index contributed by atoms with van der Waals surface area (Å²) < 4.78 is 0. The summed E-state index contributed by atoms with van der Waals surface area (Å²) in [6, 6.07) is 5.65. The minimum atomic E-state index is -0.0599. The molecule has 0 fully saturated rings. The molecule has 0 aliphatic rings. The summed E-state index contributed by atoms with van der Waals surface area (Å²) in [6.45, 7) is 1.39. The Bertz CT molecular complexity index is 445. The first-order chi connectivity index (χ1) is 9.32. The van der Waals surface area contributed by atoms with Crippen molar-refractivity contribution >= 4 is 17.7 Å². The molecule has 1 heterocycles. The molecule has 1 aromatic heterocycles. The van der Waals surface area contributed by atoms with Crippen LogP contribution in [0, 0.1) is 0 Å². The summed E-state index contributed by atoms with van der Waals surface area (Å²) in [7, 11) is 11.3. The number of aromatic nitrogens is 1. The van der Waals surface area contributed by atoms with E-state index >= 15 is 0 Å². The molecule has 1 rings (SSSR count). The molecule has 0 saturated heterocycles. The van der Waals surface area contributed by atoms with Crippen molar-refractivity contribution in [2.24, 2.45) is 0 Å². The molecular weight excluding hydrogens is 254 g/mol. The summed E-state index contributed by atoms with van der Waals surface area (Å²) in [4.78, 5) is 24.1. The summed E-state index contributed by atoms with van der Waals surface area (Å²) in [6.07, 6.45) is 0. The number of hydrogen-bond acceptors (Lipinski definition) is 4. The number of anilines is 2. The Morgan fingerprint density at radius 1 is 1.00 bits per heavy atom. The van der Waals surface area contributed by atoms with Crippen LogP contribution in [0.3, 0.4) is 0 Å². The molecule has 6 heteroatoms. The summed E-state index contributed by atoms with van der Waals surface area (Å²) in [5.41, 5.74) is 0. The number of rotatable bonds is 5. The zero-order valence-electron chi connectivity index (χ0n) is 13.3. The van der Waals surface area contributed by atoms with Crippen molar-refractivity contribution in [3.05, 3.63) is 18.2 Å². The first-order valence-corrected chi connectivity index (χ1v) is 6.61. The normalized spacial score (nSPS) is 10.6. The van der Waals surface area contributed by atoms with Crippen LogP contribution in [0.15, 0.2) is 18.2 Å². The van der Waals surface area contributed by atoms with E-state index in [1.165, 1.54) is 0 Å². The van der Waals surface area contributed by atoms with Gasteiger partial charge in [-0.3, -0.25) is 4.90 Å². The van der Waals surface area contributed by atoms with E-state index in [1.54, 1.807) is 23.9 Å². The third-order valence-corrected chi connectivity index (χ3v) is 2.84. The lowest BCUT2D eigenvalue weighted by Gasteiger charge is -2.27. The largest absolute Gasteiger partial charge is 0.363 e. The Hall–Kier alpha value is -1.82. The Labute approximate surface area is 121 Å². The Kier molecular flexibility index (Phi) is 5.76. The molecule has 0 spiro atoms. The zero-order valence-corrected chi connectivity index (χ0v) is 13.3. The smallest absolute Gasteiger partial charge is 0.325 e. The standard InChI is InChI=1S/C14H25N5O/c1-16(2)10-11-19(14(20)18(5)6)13-9-7-8-12(15-13)17(3)4/h7-9H,10-11H2,1-6H3. The van der Waals surface area contributed by atoms with Crippen LogP contribution in [-0.4, -0.2) is 76.2 Å². The molecule has 0 aliphatic heterocycles. The molecule has 0 aromatic carbocycles. The molecule has 0 N–H and O–H groups in total. The van der Waals surface area contributed by atoms with E-state index in [9.17, 15) is 4.79 Å². The Morgan fingerprint density at radius 3 is 2.10 bits per heavy atom. The highest BCUT2D eigenvalue weighted by atomic mass is 16.2. The number of amides is 2. The average molecular weight is 279 g/mol. The van der Waals surface area contributed by atoms with Crippen LogP contribution < -0.4 is 9.80 Å². The van der Waals surface area contributed by atoms with Crippen LogP contribution in [0.4, 0.5) is 16.4 Å². The highest BCUT2D eigenvalue weighted by molar-refractivity contribution is 5.90. The van der Waals surface area contributed by atoms with Gasteiger partial charge in [-0.1, -0.05) is 6.07 Å². The minimum absolute atomic E-state index is 0.0599. The van der Waals surface area contributed by atoms with Crippen LogP contribution in [0.2, 0.25) is 0 Å². The molecule has 0 bridgehead atoms. The Balaban J connectivity index is 3.03. The first kappa shape index (κ1) is 16.2. The lowest BCUT2D eigenvalue weighted by Crippen LogP contribution is -2.43. The molecule has 20 heavy (non-hydrogen) atoms. The van der Waals surface area contributed by atoms with Crippen molar-refractivity contribution < 1.29 is 4.79 Å². The van der Waals surface area contributed by atoms with E-state index in [-0.39, 0.29) is 6.03 Å². The topological polar surface area (TPSA) is 42.9 Å². The van der Waals surface area contributed by atoms with Crippen LogP contribution in [0.1, 0.15) is 0 Å². The third-order valence-electron chi connectivity index (χ3n) is 2.84. The predicted molar refractivity (Wildman–Crippen MR) is 83.5 cm³/mol. The molecule has 1 aromatic rings. The number of likely N-dealkylation sites (N-methyl/N-ethyl adjacent to an activating group) is 1. The molecular formula is C14H25N5O. The van der Waals surface area contributed by atoms with Gasteiger partial charge in [-0.15, -0.1) is 0 Å². The van der Waals surface area contributed by atoms with Gasteiger partial charge in [0, 0.05) is 41.3 Å². The van der Waals surface area contributed by atoms with Gasteiger partial charge in [0.1, 0.15) is 11.6 Å². The SMILES string of the molecule is CN(C)CCN(C(=O)N(C)C)c1cccc(N(C)C)n1. The van der Waals surface area contributed by atoms with Gasteiger partial charge in [0.2, 0.25) is 0 Å². The van der Waals surface area contributed by atoms with Crippen molar-refractivity contribution in [3.8, 4) is 0 Å². The number of carbonyl (C=O) groups is 1. The van der Waals surface area contributed by atoms with Gasteiger partial charge < -0.3 is 14.7 Å². The number of pyridine rings is 1. The molecule has 2 amide bonds. The van der Waals surface area contributed by atoms with Crippen LogP contribution in [0.5, 0.6) is 0 Å². The van der Waals surface area contributed by atoms with E-state index in [4.69, 9.17) is 0 Å². The van der Waals surface area contributed by atoms with Crippen molar-refractivity contribution in [2.75, 3.05) is 65.2 Å². The highest BCUT2D eigenvalue weighted by Gasteiger charge is 2.19. The van der Waals surface area contributed by atoms with E-state index in [0.717, 1.165) is 12.4 Å². The van der Waals surface area contributed by atoms with Gasteiger partial charge in [0.25, 0.3) is 0 Å². The fourth-order valence-electron chi connectivity index (χ4n) is 1.66. The monoisotopic (exact) mass is 279 g/mol. The maximum Gasteiger partial charge on any atom is 0.325 e. The number of carbonyl (C=O) groups excluding carboxylic acids is 1. The summed E-state index contributed by atoms with van der Waals surface area (Å²) >= 11 is 0. The van der Waals surface area contributed by atoms with Crippen molar-refractivity contribution in [1.29, 1.82) is 0 Å². The van der Waals surface area contributed by atoms with Crippen molar-refractivity contribution in [1.82, 2.24) is 14.8 Å². The second-order valence-corrected chi connectivity index (χ2v) is 5.38. The van der Waals surface area contributed by atoms with Crippen molar-refractivity contribution in [3.63, 3.8) is 0 Å². The Morgan fingerprint density at radius 2 is 1.60 bits per heavy atom. The maximum absolute atomic E-state index is 12.3. The van der Waals surface area contributed by atoms with Gasteiger partial charge in [-0.25, -0.2) is 9.78 Å². The van der Waals surface area contributed by atoms with Gasteiger partial charge >= 0.3 is 6.03 Å². The lowest BCUT2D eigenvalue weighted by molar-refractivity contribution is 0.222. The number of urea groups is 1.